The van der Waals surface area contributed by atoms with Gasteiger partial charge in [0.05, 0.1) is 6.61 Å². The topological polar surface area (TPSA) is 29.5 Å². The largest absolute Gasteiger partial charge is 0.485 e. The Hall–Kier alpha value is -1.94. The van der Waals surface area contributed by atoms with E-state index in [-0.39, 0.29) is 17.9 Å². The fourth-order valence-corrected chi connectivity index (χ4v) is 1.58. The number of benzene rings is 2. The molecule has 0 radical (unpaired) electrons. The number of aliphatic hydroxyl groups is 1. The van der Waals surface area contributed by atoms with E-state index in [2.05, 4.69) is 0 Å². The molecule has 0 aliphatic carbocycles. The second-order valence-corrected chi connectivity index (χ2v) is 3.78. The molecule has 0 heterocycles. The van der Waals surface area contributed by atoms with Crippen molar-refractivity contribution in [2.75, 3.05) is 0 Å². The number of hydrogen-bond donors (Lipinski definition) is 1. The lowest BCUT2D eigenvalue weighted by Gasteiger charge is -2.11. The van der Waals surface area contributed by atoms with Crippen LogP contribution in [-0.2, 0) is 13.2 Å². The Morgan fingerprint density at radius 1 is 1.00 bits per heavy atom. The van der Waals surface area contributed by atoms with Gasteiger partial charge < -0.3 is 9.84 Å². The number of aliphatic hydroxyl groups excluding tert-OH is 1. The minimum atomic E-state index is -1.07. The van der Waals surface area contributed by atoms with Crippen LogP contribution in [0.25, 0.3) is 0 Å². The van der Waals surface area contributed by atoms with Gasteiger partial charge >= 0.3 is 0 Å². The maximum atomic E-state index is 13.5. The van der Waals surface area contributed by atoms with Crippen molar-refractivity contribution < 1.29 is 18.6 Å². The molecule has 0 fully saturated rings. The fourth-order valence-electron chi connectivity index (χ4n) is 1.58. The molecule has 0 spiro atoms. The normalized spacial score (nSPS) is 10.4. The molecule has 2 aromatic rings. The van der Waals surface area contributed by atoms with Gasteiger partial charge in [-0.05, 0) is 17.7 Å². The average molecular weight is 250 g/mol. The fraction of sp³-hybridized carbons (Fsp3) is 0.143. The summed E-state index contributed by atoms with van der Waals surface area (Å²) in [5.74, 6) is -2.30. The smallest absolute Gasteiger partial charge is 0.200 e. The molecule has 94 valence electrons. The van der Waals surface area contributed by atoms with Crippen LogP contribution in [0.1, 0.15) is 11.1 Å². The van der Waals surface area contributed by atoms with Gasteiger partial charge in [0, 0.05) is 5.56 Å². The Morgan fingerprint density at radius 2 is 1.72 bits per heavy atom. The zero-order valence-electron chi connectivity index (χ0n) is 9.57. The van der Waals surface area contributed by atoms with Crippen molar-refractivity contribution in [2.24, 2.45) is 0 Å². The summed E-state index contributed by atoms with van der Waals surface area (Å²) in [5, 5.41) is 9.06. The highest BCUT2D eigenvalue weighted by atomic mass is 19.2. The highest BCUT2D eigenvalue weighted by Gasteiger charge is 2.14. The van der Waals surface area contributed by atoms with Crippen molar-refractivity contribution in [1.82, 2.24) is 0 Å². The van der Waals surface area contributed by atoms with Crippen LogP contribution in [0, 0.1) is 11.6 Å². The van der Waals surface area contributed by atoms with Gasteiger partial charge in [0.15, 0.2) is 11.6 Å². The molecular formula is C14H12F2O2. The van der Waals surface area contributed by atoms with Crippen molar-refractivity contribution >= 4 is 0 Å². The molecule has 2 rings (SSSR count). The predicted molar refractivity (Wildman–Crippen MR) is 63.1 cm³/mol. The van der Waals surface area contributed by atoms with Crippen molar-refractivity contribution in [3.63, 3.8) is 0 Å². The van der Waals surface area contributed by atoms with Gasteiger partial charge in [-0.15, -0.1) is 0 Å². The summed E-state index contributed by atoms with van der Waals surface area (Å²) in [4.78, 5) is 0. The van der Waals surface area contributed by atoms with Gasteiger partial charge in [-0.2, -0.15) is 4.39 Å². The molecule has 0 bridgehead atoms. The van der Waals surface area contributed by atoms with E-state index < -0.39 is 18.2 Å². The van der Waals surface area contributed by atoms with Gasteiger partial charge in [-0.25, -0.2) is 4.39 Å². The first kappa shape index (κ1) is 12.5. The van der Waals surface area contributed by atoms with Gasteiger partial charge in [-0.3, -0.25) is 0 Å². The second-order valence-electron chi connectivity index (χ2n) is 3.78. The molecule has 4 heteroatoms. The highest BCUT2D eigenvalue weighted by molar-refractivity contribution is 5.35. The first-order chi connectivity index (χ1) is 8.72. The summed E-state index contributed by atoms with van der Waals surface area (Å²) in [6, 6.07) is 11.4. The van der Waals surface area contributed by atoms with Crippen LogP contribution in [0.5, 0.6) is 5.75 Å². The summed E-state index contributed by atoms with van der Waals surface area (Å²) >= 11 is 0. The molecular weight excluding hydrogens is 238 g/mol. The van der Waals surface area contributed by atoms with E-state index in [1.54, 1.807) is 0 Å². The van der Waals surface area contributed by atoms with Gasteiger partial charge in [0.25, 0.3) is 0 Å². The maximum Gasteiger partial charge on any atom is 0.200 e. The first-order valence-electron chi connectivity index (χ1n) is 5.47. The van der Waals surface area contributed by atoms with Crippen LogP contribution >= 0.6 is 0 Å². The molecule has 0 amide bonds. The highest BCUT2D eigenvalue weighted by Crippen LogP contribution is 2.26. The lowest BCUT2D eigenvalue weighted by molar-refractivity contribution is 0.248. The van der Waals surface area contributed by atoms with Crippen LogP contribution in [0.4, 0.5) is 8.78 Å². The lowest BCUT2D eigenvalue weighted by Crippen LogP contribution is -2.02. The number of hydrogen-bond acceptors (Lipinski definition) is 2. The Kier molecular flexibility index (Phi) is 3.89. The van der Waals surface area contributed by atoms with Gasteiger partial charge in [0.1, 0.15) is 6.61 Å². The van der Waals surface area contributed by atoms with E-state index >= 15 is 0 Å². The van der Waals surface area contributed by atoms with Crippen molar-refractivity contribution in [3.05, 3.63) is 65.2 Å². The summed E-state index contributed by atoms with van der Waals surface area (Å²) in [7, 11) is 0. The predicted octanol–water partition coefficient (Wildman–Crippen LogP) is 3.04. The third-order valence-corrected chi connectivity index (χ3v) is 2.53. The molecule has 1 N–H and O–H groups in total. The van der Waals surface area contributed by atoms with E-state index in [9.17, 15) is 8.78 Å². The molecule has 0 saturated carbocycles. The molecule has 18 heavy (non-hydrogen) atoms. The van der Waals surface area contributed by atoms with E-state index in [0.29, 0.717) is 0 Å². The molecule has 0 atom stereocenters. The Labute approximate surface area is 103 Å². The molecule has 0 saturated heterocycles. The van der Waals surface area contributed by atoms with E-state index in [1.165, 1.54) is 6.07 Å². The van der Waals surface area contributed by atoms with Crippen LogP contribution in [-0.4, -0.2) is 5.11 Å². The summed E-state index contributed by atoms with van der Waals surface area (Å²) in [6.07, 6.45) is 0. The van der Waals surface area contributed by atoms with E-state index in [0.717, 1.165) is 11.6 Å². The molecule has 2 nitrogen and oxygen atoms in total. The summed E-state index contributed by atoms with van der Waals surface area (Å²) in [5.41, 5.74) is 1.06. The summed E-state index contributed by atoms with van der Waals surface area (Å²) < 4.78 is 31.9. The van der Waals surface area contributed by atoms with E-state index in [4.69, 9.17) is 9.84 Å². The first-order valence-corrected chi connectivity index (χ1v) is 5.47. The molecule has 0 unspecified atom stereocenters. The van der Waals surface area contributed by atoms with Crippen molar-refractivity contribution in [1.29, 1.82) is 0 Å². The minimum Gasteiger partial charge on any atom is -0.485 e. The number of rotatable bonds is 4. The number of ether oxygens (including phenoxy) is 1. The van der Waals surface area contributed by atoms with Crippen molar-refractivity contribution in [3.8, 4) is 5.75 Å². The zero-order chi connectivity index (χ0) is 13.0. The molecule has 0 aromatic heterocycles. The molecule has 2 aromatic carbocycles. The lowest BCUT2D eigenvalue weighted by atomic mass is 10.2. The third-order valence-electron chi connectivity index (χ3n) is 2.53. The maximum absolute atomic E-state index is 13.5. The third kappa shape index (κ3) is 2.65. The Bertz CT molecular complexity index is 527. The zero-order valence-corrected chi connectivity index (χ0v) is 9.57. The quantitative estimate of drug-likeness (QED) is 0.903. The van der Waals surface area contributed by atoms with E-state index in [1.807, 2.05) is 30.3 Å². The monoisotopic (exact) mass is 250 g/mol. The van der Waals surface area contributed by atoms with Gasteiger partial charge in [0.2, 0.25) is 5.82 Å². The molecule has 0 aliphatic rings. The van der Waals surface area contributed by atoms with Gasteiger partial charge in [-0.1, -0.05) is 30.3 Å². The van der Waals surface area contributed by atoms with Crippen molar-refractivity contribution in [2.45, 2.75) is 13.2 Å². The molecule has 0 aliphatic heterocycles. The van der Waals surface area contributed by atoms with Crippen LogP contribution in [0.2, 0.25) is 0 Å². The Morgan fingerprint density at radius 3 is 2.39 bits per heavy atom. The minimum absolute atomic E-state index is 0.119. The standard InChI is InChI=1S/C14H12F2O2/c15-12-7-6-11(8-17)14(13(12)16)18-9-10-4-2-1-3-5-10/h1-7,17H,8-9H2. The van der Waals surface area contributed by atoms with Crippen LogP contribution in [0.15, 0.2) is 42.5 Å². The SMILES string of the molecule is OCc1ccc(F)c(F)c1OCc1ccccc1. The second kappa shape index (κ2) is 5.60. The average Bonchev–Trinajstić information content (AvgIpc) is 2.41. The number of halogens is 2. The van der Waals surface area contributed by atoms with Crippen LogP contribution < -0.4 is 4.74 Å². The summed E-state index contributed by atoms with van der Waals surface area (Å²) in [6.45, 7) is -0.282. The van der Waals surface area contributed by atoms with Crippen LogP contribution in [0.3, 0.4) is 0 Å². The Balaban J connectivity index is 2.21.